The number of hydrogen-bond donors (Lipinski definition) is 3. The molecule has 4 N–H and O–H groups in total. The average Bonchev–Trinajstić information content (AvgIpc) is 3.35. The molecule has 34 heavy (non-hydrogen) atoms. The van der Waals surface area contributed by atoms with Crippen molar-refractivity contribution in [1.29, 1.82) is 0 Å². The first kappa shape index (κ1) is 22.5. The lowest BCUT2D eigenvalue weighted by Gasteiger charge is -2.29. The molecule has 0 aromatic heterocycles. The minimum Gasteiger partial charge on any atom is -0.370 e. The van der Waals surface area contributed by atoms with E-state index in [0.29, 0.717) is 21.8 Å². The number of primary amides is 1. The Labute approximate surface area is 199 Å². The van der Waals surface area contributed by atoms with Gasteiger partial charge < -0.3 is 11.1 Å². The third-order valence-electron chi connectivity index (χ3n) is 7.03. The van der Waals surface area contributed by atoms with Crippen LogP contribution in [0.3, 0.4) is 0 Å². The van der Waals surface area contributed by atoms with Gasteiger partial charge >= 0.3 is 0 Å². The largest absolute Gasteiger partial charge is 0.370 e. The fourth-order valence-electron chi connectivity index (χ4n) is 5.57. The van der Waals surface area contributed by atoms with Crippen molar-refractivity contribution in [2.24, 2.45) is 17.6 Å². The summed E-state index contributed by atoms with van der Waals surface area (Å²) in [6.07, 6.45) is 0.170. The second-order valence-corrected chi connectivity index (χ2v) is 9.49. The first-order valence-corrected chi connectivity index (χ1v) is 11.3. The number of amides is 4. The first-order valence-electron chi connectivity index (χ1n) is 10.9. The van der Waals surface area contributed by atoms with Crippen molar-refractivity contribution >= 4 is 40.9 Å². The highest BCUT2D eigenvalue weighted by molar-refractivity contribution is 6.31. The number of likely N-dealkylation sites (tertiary alicyclic amines) is 1. The van der Waals surface area contributed by atoms with Crippen molar-refractivity contribution in [1.82, 2.24) is 10.2 Å². The number of imide groups is 1. The number of nitrogens with zero attached hydrogens (tertiary/aromatic N) is 1. The summed E-state index contributed by atoms with van der Waals surface area (Å²) >= 11 is 6.31. The van der Waals surface area contributed by atoms with Crippen LogP contribution in [-0.2, 0) is 31.3 Å². The Bertz CT molecular complexity index is 1250. The molecule has 5 rings (SSSR count). The van der Waals surface area contributed by atoms with Gasteiger partial charge in [0.05, 0.1) is 18.4 Å². The van der Waals surface area contributed by atoms with E-state index < -0.39 is 52.9 Å². The number of carbonyl (C=O) groups is 4. The fraction of sp³-hybridized carbons (Fsp3) is 0.333. The molecule has 3 aliphatic rings. The number of anilines is 1. The van der Waals surface area contributed by atoms with Crippen molar-refractivity contribution in [3.63, 3.8) is 0 Å². The van der Waals surface area contributed by atoms with Gasteiger partial charge in [-0.1, -0.05) is 23.7 Å². The second-order valence-electron chi connectivity index (χ2n) is 9.06. The van der Waals surface area contributed by atoms with Crippen LogP contribution in [-0.4, -0.2) is 34.6 Å². The van der Waals surface area contributed by atoms with Crippen molar-refractivity contribution < 1.29 is 23.6 Å². The zero-order valence-electron chi connectivity index (χ0n) is 18.2. The van der Waals surface area contributed by atoms with Gasteiger partial charge in [0.1, 0.15) is 11.4 Å². The van der Waals surface area contributed by atoms with Crippen molar-refractivity contribution in [3.05, 3.63) is 63.9 Å². The Morgan fingerprint density at radius 3 is 2.56 bits per heavy atom. The number of benzene rings is 2. The minimum atomic E-state index is -1.51. The molecular weight excluding hydrogens is 463 g/mol. The second kappa shape index (κ2) is 7.89. The highest BCUT2D eigenvalue weighted by atomic mass is 35.5. The summed E-state index contributed by atoms with van der Waals surface area (Å²) in [5, 5.41) is 6.49. The fourth-order valence-corrected chi connectivity index (χ4v) is 5.84. The number of hydrogen-bond acceptors (Lipinski definition) is 5. The molecule has 3 heterocycles. The number of nitrogens with one attached hydrogen (secondary N) is 2. The van der Waals surface area contributed by atoms with Crippen LogP contribution < -0.4 is 16.4 Å². The summed E-state index contributed by atoms with van der Waals surface area (Å²) in [6, 6.07) is 8.22. The van der Waals surface area contributed by atoms with Crippen LogP contribution in [0.25, 0.3) is 0 Å². The van der Waals surface area contributed by atoms with Crippen molar-refractivity contribution in [2.75, 3.05) is 5.32 Å². The third-order valence-corrected chi connectivity index (χ3v) is 7.25. The Kier molecular flexibility index (Phi) is 5.22. The molecular formula is C24H22ClFN4O4. The van der Waals surface area contributed by atoms with Gasteiger partial charge in [0, 0.05) is 28.7 Å². The van der Waals surface area contributed by atoms with Gasteiger partial charge in [0.15, 0.2) is 0 Å². The summed E-state index contributed by atoms with van der Waals surface area (Å²) in [5.74, 6) is -4.28. The lowest BCUT2D eigenvalue weighted by Crippen LogP contribution is -2.53. The molecule has 10 heteroatoms. The predicted octanol–water partition coefficient (Wildman–Crippen LogP) is 1.97. The third kappa shape index (κ3) is 3.22. The molecule has 0 saturated carbocycles. The molecule has 0 bridgehead atoms. The van der Waals surface area contributed by atoms with Crippen LogP contribution in [0.5, 0.6) is 0 Å². The summed E-state index contributed by atoms with van der Waals surface area (Å²) in [5.41, 5.74) is 6.19. The molecule has 1 spiro atoms. The highest BCUT2D eigenvalue weighted by Gasteiger charge is 2.70. The molecule has 3 aliphatic heterocycles. The number of halogens is 2. The van der Waals surface area contributed by atoms with E-state index in [9.17, 15) is 23.6 Å². The lowest BCUT2D eigenvalue weighted by atomic mass is 9.76. The number of aryl methyl sites for hydroxylation is 1. The monoisotopic (exact) mass is 484 g/mol. The first-order chi connectivity index (χ1) is 16.1. The van der Waals surface area contributed by atoms with Crippen LogP contribution >= 0.6 is 11.6 Å². The summed E-state index contributed by atoms with van der Waals surface area (Å²) in [7, 11) is 0. The van der Waals surface area contributed by atoms with Gasteiger partial charge in [-0.05, 0) is 48.7 Å². The standard InChI is InChI=1S/C24H22ClFN4O4/c1-11-8-13(25)9-15-20(11)28-23(34)24(15)19-18(16(29-24)6-7-17(27)31)21(32)30(22(19)33)10-12-2-4-14(26)5-3-12/h2-5,8-9,16,18-19,29H,6-7,10H2,1H3,(H2,27,31)(H,28,34)/t16-,18+,19-,24+/m0/s1. The maximum absolute atomic E-state index is 13.7. The minimum absolute atomic E-state index is 0.0144. The molecule has 2 aromatic rings. The van der Waals surface area contributed by atoms with E-state index in [0.717, 1.165) is 10.5 Å². The van der Waals surface area contributed by atoms with Gasteiger partial charge in [-0.25, -0.2) is 4.39 Å². The molecule has 0 unspecified atom stereocenters. The van der Waals surface area contributed by atoms with Gasteiger partial charge in [-0.15, -0.1) is 0 Å². The van der Waals surface area contributed by atoms with E-state index in [1.807, 2.05) is 0 Å². The van der Waals surface area contributed by atoms with Crippen molar-refractivity contribution in [2.45, 2.75) is 37.9 Å². The zero-order valence-corrected chi connectivity index (χ0v) is 19.0. The smallest absolute Gasteiger partial charge is 0.250 e. The quantitative estimate of drug-likeness (QED) is 0.560. The molecule has 2 aromatic carbocycles. The summed E-state index contributed by atoms with van der Waals surface area (Å²) in [4.78, 5) is 53.3. The lowest BCUT2D eigenvalue weighted by molar-refractivity contribution is -0.143. The zero-order chi connectivity index (χ0) is 24.4. The number of rotatable bonds is 5. The maximum Gasteiger partial charge on any atom is 0.250 e. The topological polar surface area (TPSA) is 122 Å². The van der Waals surface area contributed by atoms with Crippen molar-refractivity contribution in [3.8, 4) is 0 Å². The Hall–Kier alpha value is -3.30. The molecule has 4 atom stereocenters. The van der Waals surface area contributed by atoms with Crippen LogP contribution in [0, 0.1) is 24.6 Å². The summed E-state index contributed by atoms with van der Waals surface area (Å²) in [6.45, 7) is 1.75. The van der Waals surface area contributed by atoms with Gasteiger partial charge in [-0.3, -0.25) is 29.4 Å². The average molecular weight is 485 g/mol. The Morgan fingerprint density at radius 1 is 1.18 bits per heavy atom. The van der Waals surface area contributed by atoms with Crippen LogP contribution in [0.2, 0.25) is 5.02 Å². The van der Waals surface area contributed by atoms with Crippen LogP contribution in [0.15, 0.2) is 36.4 Å². The van der Waals surface area contributed by atoms with E-state index in [-0.39, 0.29) is 19.4 Å². The summed E-state index contributed by atoms with van der Waals surface area (Å²) < 4.78 is 13.3. The number of carbonyl (C=O) groups excluding carboxylic acids is 4. The normalized spacial score (nSPS) is 27.3. The molecule has 176 valence electrons. The highest BCUT2D eigenvalue weighted by Crippen LogP contribution is 2.54. The Morgan fingerprint density at radius 2 is 1.88 bits per heavy atom. The molecule has 2 fully saturated rings. The van der Waals surface area contributed by atoms with E-state index >= 15 is 0 Å². The Balaban J connectivity index is 1.60. The SMILES string of the molecule is Cc1cc(Cl)cc2c1NC(=O)[C@@]21N[C@@H](CCC(N)=O)[C@H]2C(=O)N(Cc3ccc(F)cc3)C(=O)[C@H]21. The maximum atomic E-state index is 13.7. The molecule has 0 radical (unpaired) electrons. The van der Waals surface area contributed by atoms with E-state index in [4.69, 9.17) is 17.3 Å². The van der Waals surface area contributed by atoms with Gasteiger partial charge in [0.2, 0.25) is 23.6 Å². The van der Waals surface area contributed by atoms with Gasteiger partial charge in [-0.2, -0.15) is 0 Å². The predicted molar refractivity (Wildman–Crippen MR) is 121 cm³/mol. The van der Waals surface area contributed by atoms with Gasteiger partial charge in [0.25, 0.3) is 0 Å². The van der Waals surface area contributed by atoms with E-state index in [2.05, 4.69) is 10.6 Å². The number of nitrogens with two attached hydrogens (primary N) is 1. The van der Waals surface area contributed by atoms with Crippen LogP contribution in [0.4, 0.5) is 10.1 Å². The molecule has 0 aliphatic carbocycles. The molecule has 4 amide bonds. The molecule has 2 saturated heterocycles. The van der Waals surface area contributed by atoms with Crippen LogP contribution in [0.1, 0.15) is 29.5 Å². The molecule has 8 nitrogen and oxygen atoms in total. The van der Waals surface area contributed by atoms with E-state index in [1.165, 1.54) is 24.3 Å². The number of fused-ring (bicyclic) bond motifs is 4. The van der Waals surface area contributed by atoms with E-state index in [1.54, 1.807) is 19.1 Å².